The van der Waals surface area contributed by atoms with Crippen LogP contribution in [0.5, 0.6) is 11.5 Å². The van der Waals surface area contributed by atoms with E-state index in [2.05, 4.69) is 21.2 Å². The van der Waals surface area contributed by atoms with E-state index >= 15 is 0 Å². The first kappa shape index (κ1) is 21.2. The summed E-state index contributed by atoms with van der Waals surface area (Å²) in [5.41, 5.74) is 2.31. The number of amides is 1. The van der Waals surface area contributed by atoms with Crippen molar-refractivity contribution in [2.24, 2.45) is 0 Å². The molecule has 0 bridgehead atoms. The van der Waals surface area contributed by atoms with Crippen molar-refractivity contribution in [1.29, 1.82) is 5.26 Å². The van der Waals surface area contributed by atoms with E-state index in [1.54, 1.807) is 37.4 Å². The van der Waals surface area contributed by atoms with E-state index in [1.165, 1.54) is 6.08 Å². The van der Waals surface area contributed by atoms with Crippen LogP contribution in [-0.2, 0) is 11.4 Å². The summed E-state index contributed by atoms with van der Waals surface area (Å²) < 4.78 is 11.9. The Morgan fingerprint density at radius 3 is 2.47 bits per heavy atom. The Hall–Kier alpha value is -3.56. The Morgan fingerprint density at radius 2 is 1.80 bits per heavy atom. The van der Waals surface area contributed by atoms with Crippen LogP contribution in [0.2, 0.25) is 0 Å². The molecule has 0 aliphatic carbocycles. The molecule has 30 heavy (non-hydrogen) atoms. The van der Waals surface area contributed by atoms with E-state index in [1.807, 2.05) is 48.5 Å². The van der Waals surface area contributed by atoms with Gasteiger partial charge in [-0.3, -0.25) is 4.79 Å². The van der Waals surface area contributed by atoms with E-state index in [0.717, 1.165) is 10.0 Å². The second kappa shape index (κ2) is 10.3. The third kappa shape index (κ3) is 5.97. The lowest BCUT2D eigenvalue weighted by Gasteiger charge is -2.08. The van der Waals surface area contributed by atoms with Crippen molar-refractivity contribution in [1.82, 2.24) is 0 Å². The first-order valence-electron chi connectivity index (χ1n) is 9.12. The first-order valence-corrected chi connectivity index (χ1v) is 9.91. The van der Waals surface area contributed by atoms with E-state index in [-0.39, 0.29) is 5.57 Å². The molecule has 1 N–H and O–H groups in total. The minimum absolute atomic E-state index is 0.00382. The molecule has 0 atom stereocenters. The molecule has 0 aromatic heterocycles. The maximum Gasteiger partial charge on any atom is 0.266 e. The Bertz CT molecular complexity index is 1080. The summed E-state index contributed by atoms with van der Waals surface area (Å²) in [6, 6.07) is 24.0. The van der Waals surface area contributed by atoms with Gasteiger partial charge in [0.15, 0.2) is 0 Å². The zero-order chi connectivity index (χ0) is 21.3. The van der Waals surface area contributed by atoms with Gasteiger partial charge >= 0.3 is 0 Å². The highest BCUT2D eigenvalue weighted by atomic mass is 79.9. The topological polar surface area (TPSA) is 71.3 Å². The minimum Gasteiger partial charge on any atom is -0.497 e. The number of nitrogens with zero attached hydrogens (tertiary/aromatic N) is 1. The maximum atomic E-state index is 12.5. The molecule has 0 spiro atoms. The predicted molar refractivity (Wildman–Crippen MR) is 120 cm³/mol. The molecular formula is C24H19BrN2O3. The highest BCUT2D eigenvalue weighted by molar-refractivity contribution is 9.10. The molecule has 0 saturated heterocycles. The van der Waals surface area contributed by atoms with Crippen LogP contribution in [0, 0.1) is 11.3 Å². The van der Waals surface area contributed by atoms with Gasteiger partial charge in [-0.1, -0.05) is 40.2 Å². The maximum absolute atomic E-state index is 12.5. The molecule has 150 valence electrons. The number of halogens is 1. The van der Waals surface area contributed by atoms with Gasteiger partial charge in [0.2, 0.25) is 0 Å². The van der Waals surface area contributed by atoms with Crippen LogP contribution in [0.4, 0.5) is 5.69 Å². The third-order valence-electron chi connectivity index (χ3n) is 4.20. The number of hydrogen-bond acceptors (Lipinski definition) is 4. The van der Waals surface area contributed by atoms with Crippen molar-refractivity contribution in [2.45, 2.75) is 6.61 Å². The molecule has 3 rings (SSSR count). The van der Waals surface area contributed by atoms with Crippen LogP contribution in [-0.4, -0.2) is 13.0 Å². The van der Waals surface area contributed by atoms with E-state index < -0.39 is 5.91 Å². The van der Waals surface area contributed by atoms with Crippen LogP contribution in [0.15, 0.2) is 82.8 Å². The highest BCUT2D eigenvalue weighted by Crippen LogP contribution is 2.20. The van der Waals surface area contributed by atoms with Gasteiger partial charge in [-0.25, -0.2) is 0 Å². The number of nitrogens with one attached hydrogen (secondary N) is 1. The SMILES string of the molecule is COc1ccc(NC(=O)/C(C#N)=C\c2cccc(OCc3ccc(Br)cc3)c2)cc1. The minimum atomic E-state index is -0.483. The molecule has 0 aliphatic rings. The zero-order valence-electron chi connectivity index (χ0n) is 16.3. The third-order valence-corrected chi connectivity index (χ3v) is 4.73. The average Bonchev–Trinajstić information content (AvgIpc) is 2.78. The lowest BCUT2D eigenvalue weighted by Crippen LogP contribution is -2.13. The largest absolute Gasteiger partial charge is 0.497 e. The molecule has 3 aromatic carbocycles. The average molecular weight is 463 g/mol. The second-order valence-electron chi connectivity index (χ2n) is 6.34. The first-order chi connectivity index (χ1) is 14.6. The summed E-state index contributed by atoms with van der Waals surface area (Å²) in [4.78, 5) is 12.5. The van der Waals surface area contributed by atoms with Gasteiger partial charge in [-0.15, -0.1) is 0 Å². The number of carbonyl (C=O) groups excluding carboxylic acids is 1. The molecule has 0 unspecified atom stereocenters. The van der Waals surface area contributed by atoms with Gasteiger partial charge in [0, 0.05) is 10.2 Å². The highest BCUT2D eigenvalue weighted by Gasteiger charge is 2.10. The second-order valence-corrected chi connectivity index (χ2v) is 7.26. The van der Waals surface area contributed by atoms with Crippen LogP contribution in [0.25, 0.3) is 6.08 Å². The zero-order valence-corrected chi connectivity index (χ0v) is 17.8. The van der Waals surface area contributed by atoms with Gasteiger partial charge in [0.25, 0.3) is 5.91 Å². The molecule has 1 amide bonds. The van der Waals surface area contributed by atoms with Crippen molar-refractivity contribution in [3.05, 3.63) is 94.0 Å². The van der Waals surface area contributed by atoms with Gasteiger partial charge in [-0.2, -0.15) is 5.26 Å². The summed E-state index contributed by atoms with van der Waals surface area (Å²) >= 11 is 3.41. The van der Waals surface area contributed by atoms with E-state index in [9.17, 15) is 10.1 Å². The number of anilines is 1. The summed E-state index contributed by atoms with van der Waals surface area (Å²) in [7, 11) is 1.57. The van der Waals surface area contributed by atoms with E-state index in [4.69, 9.17) is 9.47 Å². The summed E-state index contributed by atoms with van der Waals surface area (Å²) in [5.74, 6) is 0.854. The molecule has 0 aliphatic heterocycles. The molecule has 0 saturated carbocycles. The van der Waals surface area contributed by atoms with Gasteiger partial charge in [0.05, 0.1) is 7.11 Å². The molecule has 0 heterocycles. The predicted octanol–water partition coefficient (Wildman–Crippen LogP) is 5.58. The summed E-state index contributed by atoms with van der Waals surface area (Å²) in [5, 5.41) is 12.1. The van der Waals surface area contributed by atoms with Crippen LogP contribution in [0.3, 0.4) is 0 Å². The van der Waals surface area contributed by atoms with E-state index in [0.29, 0.717) is 29.4 Å². The molecule has 0 radical (unpaired) electrons. The van der Waals surface area contributed by atoms with Gasteiger partial charge < -0.3 is 14.8 Å². The molecule has 3 aromatic rings. The molecule has 5 nitrogen and oxygen atoms in total. The smallest absolute Gasteiger partial charge is 0.266 e. The quantitative estimate of drug-likeness (QED) is 0.367. The number of rotatable bonds is 7. The summed E-state index contributed by atoms with van der Waals surface area (Å²) in [6.45, 7) is 0.420. The fraction of sp³-hybridized carbons (Fsp3) is 0.0833. The molecule has 0 fully saturated rings. The van der Waals surface area contributed by atoms with Crippen LogP contribution in [0.1, 0.15) is 11.1 Å². The van der Waals surface area contributed by atoms with Crippen LogP contribution >= 0.6 is 15.9 Å². The van der Waals surface area contributed by atoms with Gasteiger partial charge in [-0.05, 0) is 65.7 Å². The number of methoxy groups -OCH3 is 1. The monoisotopic (exact) mass is 462 g/mol. The van der Waals surface area contributed by atoms with Crippen molar-refractivity contribution < 1.29 is 14.3 Å². The number of ether oxygens (including phenoxy) is 2. The molecule has 6 heteroatoms. The number of hydrogen-bond donors (Lipinski definition) is 1. The fourth-order valence-corrected chi connectivity index (χ4v) is 2.89. The Labute approximate surface area is 183 Å². The van der Waals surface area contributed by atoms with Crippen molar-refractivity contribution in [3.63, 3.8) is 0 Å². The molecular weight excluding hydrogens is 444 g/mol. The number of nitriles is 1. The number of benzene rings is 3. The summed E-state index contributed by atoms with van der Waals surface area (Å²) in [6.07, 6.45) is 1.53. The van der Waals surface area contributed by atoms with Crippen LogP contribution < -0.4 is 14.8 Å². The standard InChI is InChI=1S/C24H19BrN2O3/c1-29-22-11-9-21(10-12-22)27-24(28)19(15-26)13-18-3-2-4-23(14-18)30-16-17-5-7-20(25)8-6-17/h2-14H,16H2,1H3,(H,27,28)/b19-13-. The fourth-order valence-electron chi connectivity index (χ4n) is 2.63. The van der Waals surface area contributed by atoms with Crippen molar-refractivity contribution in [3.8, 4) is 17.6 Å². The Balaban J connectivity index is 1.68. The van der Waals surface area contributed by atoms with Crippen molar-refractivity contribution in [2.75, 3.05) is 12.4 Å². The lowest BCUT2D eigenvalue weighted by atomic mass is 10.1. The Morgan fingerprint density at radius 1 is 1.07 bits per heavy atom. The normalized spacial score (nSPS) is 10.8. The van der Waals surface area contributed by atoms with Crippen molar-refractivity contribution >= 4 is 33.6 Å². The number of carbonyl (C=O) groups is 1. The Kier molecular flexibility index (Phi) is 7.25. The lowest BCUT2D eigenvalue weighted by molar-refractivity contribution is -0.112. The van der Waals surface area contributed by atoms with Gasteiger partial charge in [0.1, 0.15) is 29.7 Å².